The van der Waals surface area contributed by atoms with Crippen LogP contribution in [-0.2, 0) is 23.9 Å². The van der Waals surface area contributed by atoms with Gasteiger partial charge in [0, 0.05) is 0 Å². The van der Waals surface area contributed by atoms with Gasteiger partial charge in [-0.05, 0) is 53.5 Å². The Morgan fingerprint density at radius 3 is 1.88 bits per heavy atom. The average Bonchev–Trinajstić information content (AvgIpc) is 3.63. The van der Waals surface area contributed by atoms with Crippen molar-refractivity contribution in [2.45, 2.75) is 74.8 Å². The third-order valence-corrected chi connectivity index (χ3v) is 15.6. The fraction of sp³-hybridized carbons (Fsp3) is 0.324. The summed E-state index contributed by atoms with van der Waals surface area (Å²) in [6.45, 7) is 9.69. The molecule has 4 atom stereocenters. The summed E-state index contributed by atoms with van der Waals surface area (Å²) in [4.78, 5) is 4.62. The quantitative estimate of drug-likeness (QED) is 0.202. The van der Waals surface area contributed by atoms with E-state index < -0.39 is 48.5 Å². The average molecular weight is 687 g/mol. The molecular formula is C37H42N2O7SSi. The molecule has 0 unspecified atom stereocenters. The fourth-order valence-corrected chi connectivity index (χ4v) is 12.8. The van der Waals surface area contributed by atoms with E-state index in [-0.39, 0.29) is 22.4 Å². The Morgan fingerprint density at radius 2 is 1.31 bits per heavy atom. The highest BCUT2D eigenvalue weighted by Gasteiger charge is 2.53. The summed E-state index contributed by atoms with van der Waals surface area (Å²) >= 11 is 0. The number of benzene rings is 4. The Labute approximate surface area is 282 Å². The van der Waals surface area contributed by atoms with E-state index in [1.807, 2.05) is 36.4 Å². The highest BCUT2D eigenvalue weighted by Crippen LogP contribution is 2.40. The van der Waals surface area contributed by atoms with Crippen molar-refractivity contribution in [2.75, 3.05) is 6.61 Å². The zero-order valence-corrected chi connectivity index (χ0v) is 29.5. The molecule has 1 aliphatic rings. The first-order valence-corrected chi connectivity index (χ1v) is 19.4. The van der Waals surface area contributed by atoms with Crippen LogP contribution in [0.5, 0.6) is 0 Å². The second-order valence-corrected chi connectivity index (χ2v) is 19.7. The zero-order chi connectivity index (χ0) is 34.3. The summed E-state index contributed by atoms with van der Waals surface area (Å²) in [5.41, 5.74) is 0.692. The van der Waals surface area contributed by atoms with Crippen molar-refractivity contribution in [3.63, 3.8) is 0 Å². The number of ether oxygens (including phenoxy) is 2. The molecule has 2 heterocycles. The molecule has 1 saturated heterocycles. The summed E-state index contributed by atoms with van der Waals surface area (Å²) in [5.74, 6) is -1.35. The van der Waals surface area contributed by atoms with Crippen molar-refractivity contribution < 1.29 is 32.5 Å². The molecule has 0 aliphatic carbocycles. The monoisotopic (exact) mass is 686 g/mol. The molecule has 2 N–H and O–H groups in total. The molecule has 0 bridgehead atoms. The number of fused-ring (bicyclic) bond motifs is 1. The van der Waals surface area contributed by atoms with Crippen LogP contribution in [0.3, 0.4) is 0 Å². The van der Waals surface area contributed by atoms with Crippen LogP contribution in [0.2, 0.25) is 5.04 Å². The Kier molecular flexibility index (Phi) is 9.24. The van der Waals surface area contributed by atoms with Gasteiger partial charge in [-0.15, -0.1) is 0 Å². The summed E-state index contributed by atoms with van der Waals surface area (Å²) in [6, 6.07) is 34.9. The summed E-state index contributed by atoms with van der Waals surface area (Å²) in [6.07, 6.45) is -5.11. The molecule has 48 heavy (non-hydrogen) atoms. The standard InChI is InChI=1S/C37H42N2O7SSi/c1-36(2,3)48(27-19-11-7-12-20-27,28-21-13-8-14-22-28)44-25-31(40)33-34(46-37(4,5)45-33)32(41)35-38-29-23-15-16-24-30(29)39(35)47(42,43)26-17-9-6-10-18-26/h6-24,31-34,40-41H,25H2,1-5H3/t31-,32-,33-,34+/m1/s1. The van der Waals surface area contributed by atoms with E-state index >= 15 is 0 Å². The van der Waals surface area contributed by atoms with Gasteiger partial charge in [-0.3, -0.25) is 0 Å². The number of nitrogens with zero attached hydrogens (tertiary/aromatic N) is 2. The number of imidazole rings is 1. The van der Waals surface area contributed by atoms with E-state index in [1.165, 1.54) is 12.1 Å². The Balaban J connectivity index is 1.38. The maximum atomic E-state index is 14.0. The van der Waals surface area contributed by atoms with E-state index in [0.29, 0.717) is 11.0 Å². The smallest absolute Gasteiger partial charge is 0.269 e. The van der Waals surface area contributed by atoms with Gasteiger partial charge in [-0.2, -0.15) is 0 Å². The van der Waals surface area contributed by atoms with Crippen LogP contribution < -0.4 is 10.4 Å². The molecule has 11 heteroatoms. The van der Waals surface area contributed by atoms with Crippen LogP contribution in [0.25, 0.3) is 11.0 Å². The number of hydrogen-bond donors (Lipinski definition) is 2. The molecular weight excluding hydrogens is 645 g/mol. The van der Waals surface area contributed by atoms with Gasteiger partial charge in [0.2, 0.25) is 0 Å². The maximum Gasteiger partial charge on any atom is 0.269 e. The van der Waals surface area contributed by atoms with Crippen LogP contribution >= 0.6 is 0 Å². The predicted molar refractivity (Wildman–Crippen MR) is 187 cm³/mol. The minimum atomic E-state index is -4.19. The van der Waals surface area contributed by atoms with Crippen molar-refractivity contribution in [1.29, 1.82) is 0 Å². The minimum Gasteiger partial charge on any atom is -0.405 e. The molecule has 0 amide bonds. The molecule has 1 aliphatic heterocycles. The first kappa shape index (κ1) is 34.2. The lowest BCUT2D eigenvalue weighted by Crippen LogP contribution is -2.67. The van der Waals surface area contributed by atoms with Crippen LogP contribution in [0.4, 0.5) is 0 Å². The van der Waals surface area contributed by atoms with Crippen LogP contribution in [0, 0.1) is 0 Å². The third-order valence-electron chi connectivity index (χ3n) is 8.83. The molecule has 6 rings (SSSR count). The van der Waals surface area contributed by atoms with Gasteiger partial charge in [-0.1, -0.05) is 112 Å². The lowest BCUT2D eigenvalue weighted by molar-refractivity contribution is -0.162. The van der Waals surface area contributed by atoms with Crippen molar-refractivity contribution in [3.8, 4) is 0 Å². The third kappa shape index (κ3) is 6.16. The highest BCUT2D eigenvalue weighted by molar-refractivity contribution is 7.90. The normalized spacial score (nSPS) is 19.7. The second kappa shape index (κ2) is 13.0. The fourth-order valence-electron chi connectivity index (χ4n) is 6.73. The second-order valence-electron chi connectivity index (χ2n) is 13.6. The summed E-state index contributed by atoms with van der Waals surface area (Å²) in [5, 5.41) is 25.6. The number of para-hydroxylation sites is 2. The molecule has 0 saturated carbocycles. The molecule has 1 aromatic heterocycles. The first-order valence-electron chi connectivity index (χ1n) is 16.0. The Bertz CT molecular complexity index is 1920. The number of aliphatic hydroxyl groups is 2. The van der Waals surface area contributed by atoms with Crippen molar-refractivity contribution in [1.82, 2.24) is 8.96 Å². The number of rotatable bonds is 10. The maximum absolute atomic E-state index is 14.0. The minimum absolute atomic E-state index is 0.0424. The first-order chi connectivity index (χ1) is 22.8. The lowest BCUT2D eigenvalue weighted by Gasteiger charge is -2.43. The molecule has 5 aromatic rings. The molecule has 9 nitrogen and oxygen atoms in total. The summed E-state index contributed by atoms with van der Waals surface area (Å²) < 4.78 is 48.6. The Hall–Kier alpha value is -3.68. The Morgan fingerprint density at radius 1 is 0.812 bits per heavy atom. The van der Waals surface area contributed by atoms with Crippen molar-refractivity contribution in [3.05, 3.63) is 121 Å². The molecule has 0 spiro atoms. The molecule has 4 aromatic carbocycles. The molecule has 252 valence electrons. The van der Waals surface area contributed by atoms with Crippen LogP contribution in [0.1, 0.15) is 46.5 Å². The highest BCUT2D eigenvalue weighted by atomic mass is 32.2. The SMILES string of the molecule is CC1(C)O[C@@H]([C@@H](O)c2nc3ccccc3n2S(=O)(=O)c2ccccc2)[C@@H]([C@H](O)CO[Si](c2ccccc2)(c2ccccc2)C(C)(C)C)O1. The van der Waals surface area contributed by atoms with Gasteiger partial charge in [0.15, 0.2) is 11.6 Å². The number of hydrogen-bond acceptors (Lipinski definition) is 8. The van der Waals surface area contributed by atoms with Gasteiger partial charge < -0.3 is 24.1 Å². The van der Waals surface area contributed by atoms with Crippen molar-refractivity contribution >= 4 is 39.7 Å². The van der Waals surface area contributed by atoms with Gasteiger partial charge in [0.25, 0.3) is 18.3 Å². The number of aliphatic hydroxyl groups excluding tert-OH is 2. The van der Waals surface area contributed by atoms with E-state index in [1.54, 1.807) is 56.3 Å². The van der Waals surface area contributed by atoms with E-state index in [9.17, 15) is 18.6 Å². The van der Waals surface area contributed by atoms with Crippen LogP contribution in [-0.4, -0.2) is 66.6 Å². The van der Waals surface area contributed by atoms with Crippen molar-refractivity contribution in [2.24, 2.45) is 0 Å². The van der Waals surface area contributed by atoms with Gasteiger partial charge in [0.05, 0.1) is 22.5 Å². The van der Waals surface area contributed by atoms with E-state index in [2.05, 4.69) is 50.0 Å². The van der Waals surface area contributed by atoms with E-state index in [0.717, 1.165) is 14.3 Å². The van der Waals surface area contributed by atoms with E-state index in [4.69, 9.17) is 13.9 Å². The zero-order valence-electron chi connectivity index (χ0n) is 27.7. The van der Waals surface area contributed by atoms with Gasteiger partial charge in [0.1, 0.15) is 24.4 Å². The topological polar surface area (TPSA) is 120 Å². The predicted octanol–water partition coefficient (Wildman–Crippen LogP) is 4.76. The number of aromatic nitrogens is 2. The van der Waals surface area contributed by atoms with Gasteiger partial charge in [-0.25, -0.2) is 17.4 Å². The molecule has 0 radical (unpaired) electrons. The lowest BCUT2D eigenvalue weighted by atomic mass is 10.0. The summed E-state index contributed by atoms with van der Waals surface area (Å²) in [7, 11) is -7.21. The molecule has 1 fully saturated rings. The van der Waals surface area contributed by atoms with Crippen LogP contribution in [0.15, 0.2) is 120 Å². The van der Waals surface area contributed by atoms with Gasteiger partial charge >= 0.3 is 0 Å². The largest absolute Gasteiger partial charge is 0.405 e.